The number of likely N-dealkylation sites (tertiary alicyclic amines) is 1. The molecule has 1 aromatic rings. The van der Waals surface area contributed by atoms with Gasteiger partial charge in [0.15, 0.2) is 0 Å². The molecule has 0 aliphatic carbocycles. The van der Waals surface area contributed by atoms with E-state index in [0.717, 1.165) is 29.4 Å². The number of nitrogens with zero attached hydrogens (tertiary/aromatic N) is 3. The minimum Gasteiger partial charge on any atom is -0.481 e. The van der Waals surface area contributed by atoms with Gasteiger partial charge in [-0.15, -0.1) is 0 Å². The molecule has 0 aromatic carbocycles. The quantitative estimate of drug-likeness (QED) is 0.916. The molecule has 2 rings (SSSR count). The van der Waals surface area contributed by atoms with E-state index in [0.29, 0.717) is 13.1 Å². The van der Waals surface area contributed by atoms with Crippen LogP contribution in [0.2, 0.25) is 5.02 Å². The number of aryl methyl sites for hydroxylation is 2. The number of carboxylic acid groups (broad SMARTS) is 1. The fraction of sp³-hybridized carbons (Fsp3) is 0.692. The maximum absolute atomic E-state index is 11.1. The van der Waals surface area contributed by atoms with Crippen LogP contribution in [-0.2, 0) is 24.8 Å². The lowest BCUT2D eigenvalue weighted by Crippen LogP contribution is -2.24. The SMILES string of the molecule is CCc1nn(C)c(CN2CC(C)C(C(=O)O)C2)c1Cl. The van der Waals surface area contributed by atoms with Gasteiger partial charge in [0.25, 0.3) is 0 Å². The van der Waals surface area contributed by atoms with Crippen molar-refractivity contribution in [3.63, 3.8) is 0 Å². The Kier molecular flexibility index (Phi) is 4.16. The number of rotatable bonds is 4. The third-order valence-corrected chi connectivity index (χ3v) is 4.32. The standard InChI is InChI=1S/C13H20ClN3O2/c1-4-10-12(14)11(16(3)15-10)7-17-5-8(2)9(6-17)13(18)19/h8-9H,4-7H2,1-3H3,(H,18,19). The van der Waals surface area contributed by atoms with E-state index in [1.165, 1.54) is 0 Å². The highest BCUT2D eigenvalue weighted by molar-refractivity contribution is 6.31. The highest BCUT2D eigenvalue weighted by Crippen LogP contribution is 2.27. The summed E-state index contributed by atoms with van der Waals surface area (Å²) < 4.78 is 1.81. The van der Waals surface area contributed by atoms with Crippen molar-refractivity contribution in [2.45, 2.75) is 26.8 Å². The lowest BCUT2D eigenvalue weighted by molar-refractivity contribution is -0.142. The van der Waals surface area contributed by atoms with E-state index >= 15 is 0 Å². The van der Waals surface area contributed by atoms with Crippen LogP contribution in [0.3, 0.4) is 0 Å². The molecule has 1 saturated heterocycles. The Balaban J connectivity index is 2.11. The van der Waals surface area contributed by atoms with Crippen molar-refractivity contribution in [3.8, 4) is 0 Å². The van der Waals surface area contributed by atoms with Gasteiger partial charge in [0.05, 0.1) is 22.3 Å². The molecule has 1 aliphatic heterocycles. The first-order valence-electron chi connectivity index (χ1n) is 6.59. The van der Waals surface area contributed by atoms with E-state index in [2.05, 4.69) is 10.00 Å². The number of carboxylic acids is 1. The van der Waals surface area contributed by atoms with Crippen molar-refractivity contribution in [2.75, 3.05) is 13.1 Å². The largest absolute Gasteiger partial charge is 0.481 e. The normalized spacial score (nSPS) is 24.0. The summed E-state index contributed by atoms with van der Waals surface area (Å²) in [4.78, 5) is 13.3. The Morgan fingerprint density at radius 1 is 1.53 bits per heavy atom. The molecular weight excluding hydrogens is 266 g/mol. The van der Waals surface area contributed by atoms with E-state index in [1.54, 1.807) is 4.68 Å². The van der Waals surface area contributed by atoms with E-state index in [4.69, 9.17) is 16.7 Å². The molecule has 1 fully saturated rings. The first-order valence-corrected chi connectivity index (χ1v) is 6.97. The number of aromatic nitrogens is 2. The summed E-state index contributed by atoms with van der Waals surface area (Å²) in [6.45, 7) is 6.05. The van der Waals surface area contributed by atoms with Crippen LogP contribution in [0.1, 0.15) is 25.2 Å². The number of halogens is 1. The molecule has 2 atom stereocenters. The summed E-state index contributed by atoms with van der Waals surface area (Å²) in [6.07, 6.45) is 0.806. The minimum absolute atomic E-state index is 0.176. The Hall–Kier alpha value is -1.07. The second kappa shape index (κ2) is 5.51. The Morgan fingerprint density at radius 3 is 2.68 bits per heavy atom. The summed E-state index contributed by atoms with van der Waals surface area (Å²) in [5.41, 5.74) is 1.87. The van der Waals surface area contributed by atoms with E-state index in [1.807, 2.05) is 20.9 Å². The van der Waals surface area contributed by atoms with Gasteiger partial charge < -0.3 is 5.11 Å². The van der Waals surface area contributed by atoms with Gasteiger partial charge in [0.2, 0.25) is 0 Å². The summed E-state index contributed by atoms with van der Waals surface area (Å²) in [6, 6.07) is 0. The van der Waals surface area contributed by atoms with Crippen LogP contribution < -0.4 is 0 Å². The monoisotopic (exact) mass is 285 g/mol. The summed E-state index contributed by atoms with van der Waals surface area (Å²) >= 11 is 6.32. The van der Waals surface area contributed by atoms with Gasteiger partial charge in [-0.1, -0.05) is 25.4 Å². The van der Waals surface area contributed by atoms with E-state index in [9.17, 15) is 4.79 Å². The first-order chi connectivity index (χ1) is 8.93. The van der Waals surface area contributed by atoms with Gasteiger partial charge in [-0.2, -0.15) is 5.10 Å². The molecule has 19 heavy (non-hydrogen) atoms. The summed E-state index contributed by atoms with van der Waals surface area (Å²) in [7, 11) is 1.88. The van der Waals surface area contributed by atoms with Gasteiger partial charge in [-0.25, -0.2) is 0 Å². The fourth-order valence-corrected chi connectivity index (χ4v) is 3.07. The van der Waals surface area contributed by atoms with Crippen molar-refractivity contribution in [2.24, 2.45) is 18.9 Å². The molecule has 5 nitrogen and oxygen atoms in total. The van der Waals surface area contributed by atoms with Gasteiger partial charge in [-0.05, 0) is 12.3 Å². The lowest BCUT2D eigenvalue weighted by atomic mass is 9.99. The molecule has 106 valence electrons. The zero-order valence-corrected chi connectivity index (χ0v) is 12.3. The van der Waals surface area contributed by atoms with E-state index < -0.39 is 5.97 Å². The molecule has 2 heterocycles. The third-order valence-electron chi connectivity index (χ3n) is 3.88. The number of aliphatic carboxylic acids is 1. The van der Waals surface area contributed by atoms with Crippen LogP contribution in [0.25, 0.3) is 0 Å². The number of hydrogen-bond acceptors (Lipinski definition) is 3. The molecular formula is C13H20ClN3O2. The van der Waals surface area contributed by atoms with Crippen molar-refractivity contribution in [3.05, 3.63) is 16.4 Å². The van der Waals surface area contributed by atoms with Crippen molar-refractivity contribution in [1.82, 2.24) is 14.7 Å². The molecule has 1 aliphatic rings. The molecule has 1 aromatic heterocycles. The molecule has 0 bridgehead atoms. The number of hydrogen-bond donors (Lipinski definition) is 1. The maximum atomic E-state index is 11.1. The van der Waals surface area contributed by atoms with Gasteiger partial charge in [0, 0.05) is 26.7 Å². The molecule has 0 amide bonds. The van der Waals surface area contributed by atoms with Crippen LogP contribution >= 0.6 is 11.6 Å². The molecule has 1 N–H and O–H groups in total. The van der Waals surface area contributed by atoms with E-state index in [-0.39, 0.29) is 11.8 Å². The van der Waals surface area contributed by atoms with Gasteiger partial charge in [0.1, 0.15) is 0 Å². The Morgan fingerprint density at radius 2 is 2.21 bits per heavy atom. The first kappa shape index (κ1) is 14.3. The smallest absolute Gasteiger partial charge is 0.308 e. The fourth-order valence-electron chi connectivity index (χ4n) is 2.72. The molecule has 0 saturated carbocycles. The average molecular weight is 286 g/mol. The van der Waals surface area contributed by atoms with Crippen LogP contribution in [0.15, 0.2) is 0 Å². The van der Waals surface area contributed by atoms with Crippen molar-refractivity contribution < 1.29 is 9.90 Å². The lowest BCUT2D eigenvalue weighted by Gasteiger charge is -2.15. The second-order valence-electron chi connectivity index (χ2n) is 5.30. The highest BCUT2D eigenvalue weighted by atomic mass is 35.5. The molecule has 2 unspecified atom stereocenters. The minimum atomic E-state index is -0.708. The van der Waals surface area contributed by atoms with Crippen LogP contribution in [0.5, 0.6) is 0 Å². The topological polar surface area (TPSA) is 58.4 Å². The predicted molar refractivity (Wildman–Crippen MR) is 73.2 cm³/mol. The van der Waals surface area contributed by atoms with Crippen LogP contribution in [0.4, 0.5) is 0 Å². The zero-order valence-electron chi connectivity index (χ0n) is 11.6. The second-order valence-corrected chi connectivity index (χ2v) is 5.68. The Bertz CT molecular complexity index is 486. The Labute approximate surface area is 118 Å². The zero-order chi connectivity index (χ0) is 14.2. The average Bonchev–Trinajstić information content (AvgIpc) is 2.84. The van der Waals surface area contributed by atoms with Crippen LogP contribution in [-0.4, -0.2) is 38.8 Å². The predicted octanol–water partition coefficient (Wildman–Crippen LogP) is 1.79. The highest BCUT2D eigenvalue weighted by Gasteiger charge is 2.35. The third kappa shape index (κ3) is 2.77. The molecule has 6 heteroatoms. The maximum Gasteiger partial charge on any atom is 0.308 e. The van der Waals surface area contributed by atoms with Gasteiger partial charge >= 0.3 is 5.97 Å². The van der Waals surface area contributed by atoms with Gasteiger partial charge in [-0.3, -0.25) is 14.4 Å². The molecule has 0 radical (unpaired) electrons. The number of carbonyl (C=O) groups is 1. The molecule has 0 spiro atoms. The van der Waals surface area contributed by atoms with Crippen molar-refractivity contribution in [1.29, 1.82) is 0 Å². The summed E-state index contributed by atoms with van der Waals surface area (Å²) in [5.74, 6) is -0.812. The summed E-state index contributed by atoms with van der Waals surface area (Å²) in [5, 5.41) is 14.3. The van der Waals surface area contributed by atoms with Crippen LogP contribution in [0, 0.1) is 11.8 Å². The van der Waals surface area contributed by atoms with Crippen molar-refractivity contribution >= 4 is 17.6 Å².